The number of hydrogen-bond acceptors (Lipinski definition) is 4. The highest BCUT2D eigenvalue weighted by Crippen LogP contribution is 2.33. The van der Waals surface area contributed by atoms with Gasteiger partial charge in [0.25, 0.3) is 5.91 Å². The third kappa shape index (κ3) is 3.80. The number of thioether (sulfide) groups is 1. The zero-order chi connectivity index (χ0) is 23.4. The van der Waals surface area contributed by atoms with E-state index in [-0.39, 0.29) is 11.4 Å². The topological polar surface area (TPSA) is 73.8 Å². The number of carbonyl (C=O) groups is 1. The number of carbonyl (C=O) groups excluding carboxylic acids is 1. The van der Waals surface area contributed by atoms with Gasteiger partial charge in [-0.15, -0.1) is 0 Å². The Morgan fingerprint density at radius 3 is 2.64 bits per heavy atom. The molecule has 0 saturated carbocycles. The highest BCUT2D eigenvalue weighted by Gasteiger charge is 2.34. The number of hydrazone groups is 1. The summed E-state index contributed by atoms with van der Waals surface area (Å²) in [4.78, 5) is 17.0. The number of aliphatic imine (C=N–C) groups is 1. The summed E-state index contributed by atoms with van der Waals surface area (Å²) >= 11 is 13.6. The van der Waals surface area contributed by atoms with Gasteiger partial charge in [-0.1, -0.05) is 40.9 Å². The number of nitrogens with one attached hydrogen (secondary N) is 1. The fourth-order valence-electron chi connectivity index (χ4n) is 4.06. The molecule has 166 valence electrons. The van der Waals surface area contributed by atoms with Crippen LogP contribution in [0.4, 0.5) is 0 Å². The molecule has 3 aromatic rings. The molecule has 9 heteroatoms. The van der Waals surface area contributed by atoms with Gasteiger partial charge in [0.15, 0.2) is 5.84 Å². The fourth-order valence-corrected chi connectivity index (χ4v) is 5.12. The third-order valence-corrected chi connectivity index (χ3v) is 7.26. The first kappa shape index (κ1) is 21.9. The fraction of sp³-hybridized carbons (Fsp3) is 0.167. The van der Waals surface area contributed by atoms with Crippen LogP contribution in [0.3, 0.4) is 0 Å². The number of benzene rings is 2. The minimum absolute atomic E-state index is 0.0341. The number of aryl methyl sites for hydroxylation is 1. The molecule has 5 rings (SSSR count). The third-order valence-electron chi connectivity index (χ3n) is 5.70. The number of hydrogen-bond donors (Lipinski definition) is 1. The summed E-state index contributed by atoms with van der Waals surface area (Å²) in [6, 6.07) is 11.8. The van der Waals surface area contributed by atoms with Crippen molar-refractivity contribution in [2.75, 3.05) is 0 Å². The second-order valence-corrected chi connectivity index (χ2v) is 9.97. The average molecular weight is 496 g/mol. The number of aromatic nitrogens is 1. The van der Waals surface area contributed by atoms with Crippen molar-refractivity contribution in [2.24, 2.45) is 10.1 Å². The molecule has 0 atom stereocenters. The summed E-state index contributed by atoms with van der Waals surface area (Å²) in [7, 11) is 0. The maximum atomic E-state index is 12.8. The van der Waals surface area contributed by atoms with Gasteiger partial charge < -0.3 is 4.57 Å². The number of nitrogens with zero attached hydrogens (tertiary/aromatic N) is 4. The lowest BCUT2D eigenvalue weighted by Crippen LogP contribution is -2.35. The summed E-state index contributed by atoms with van der Waals surface area (Å²) in [6.07, 6.45) is 1.77. The van der Waals surface area contributed by atoms with E-state index in [1.54, 1.807) is 12.1 Å². The Hall–Kier alpha value is -2.87. The lowest BCUT2D eigenvalue weighted by Gasteiger charge is -2.20. The Bertz CT molecular complexity index is 1470. The molecule has 0 radical (unpaired) electrons. The standard InChI is InChI=1S/C24H19Cl2N5OS/c1-12-4-7-21-17(8-12)16(13(2)30(21)11-15-5-6-19(25)20(26)9-15)10-18-22(27)31-24(28-23(18)32)33-14(3)29-31/h4-10,27H,11H2,1-3H3. The molecule has 0 saturated heterocycles. The molecule has 0 spiro atoms. The molecule has 2 aromatic carbocycles. The molecule has 2 aliphatic heterocycles. The van der Waals surface area contributed by atoms with Crippen LogP contribution in [0.5, 0.6) is 0 Å². The average Bonchev–Trinajstić information content (AvgIpc) is 3.25. The Labute approximate surface area is 205 Å². The monoisotopic (exact) mass is 495 g/mol. The van der Waals surface area contributed by atoms with Gasteiger partial charge in [0.2, 0.25) is 5.17 Å². The predicted molar refractivity (Wildman–Crippen MR) is 138 cm³/mol. The summed E-state index contributed by atoms with van der Waals surface area (Å²) < 4.78 is 2.18. The maximum absolute atomic E-state index is 12.8. The molecule has 6 nitrogen and oxygen atoms in total. The Balaban J connectivity index is 1.65. The largest absolute Gasteiger partial charge is 0.340 e. The van der Waals surface area contributed by atoms with Crippen molar-refractivity contribution in [3.63, 3.8) is 0 Å². The van der Waals surface area contributed by atoms with Crippen molar-refractivity contribution >= 4 is 73.9 Å². The minimum Gasteiger partial charge on any atom is -0.340 e. The second kappa shape index (κ2) is 8.17. The van der Waals surface area contributed by atoms with Gasteiger partial charge in [-0.25, -0.2) is 0 Å². The Morgan fingerprint density at radius 1 is 1.09 bits per heavy atom. The lowest BCUT2D eigenvalue weighted by atomic mass is 10.0. The van der Waals surface area contributed by atoms with Crippen molar-refractivity contribution in [1.29, 1.82) is 5.41 Å². The van der Waals surface area contributed by atoms with Crippen molar-refractivity contribution in [2.45, 2.75) is 27.3 Å². The van der Waals surface area contributed by atoms with E-state index in [4.69, 9.17) is 28.6 Å². The first-order valence-corrected chi connectivity index (χ1v) is 11.8. The van der Waals surface area contributed by atoms with Crippen LogP contribution >= 0.6 is 35.0 Å². The lowest BCUT2D eigenvalue weighted by molar-refractivity contribution is -0.114. The summed E-state index contributed by atoms with van der Waals surface area (Å²) in [5.41, 5.74) is 5.22. The Morgan fingerprint density at radius 2 is 1.88 bits per heavy atom. The zero-order valence-corrected chi connectivity index (χ0v) is 20.4. The van der Waals surface area contributed by atoms with Gasteiger partial charge in [0.05, 0.1) is 20.7 Å². The van der Waals surface area contributed by atoms with Crippen LogP contribution in [0, 0.1) is 19.3 Å². The SMILES string of the molecule is CC1=NN2C(=N)C(=Cc3c(C)n(Cc4ccc(Cl)c(Cl)c4)c4ccc(C)cc34)C(=O)N=C2S1. The first-order chi connectivity index (χ1) is 15.7. The number of fused-ring (bicyclic) bond motifs is 2. The summed E-state index contributed by atoms with van der Waals surface area (Å²) in [5.74, 6) is -0.395. The van der Waals surface area contributed by atoms with Gasteiger partial charge in [0.1, 0.15) is 0 Å². The molecule has 1 aromatic heterocycles. The van der Waals surface area contributed by atoms with Gasteiger partial charge in [-0.2, -0.15) is 15.1 Å². The van der Waals surface area contributed by atoms with Crippen LogP contribution in [-0.2, 0) is 11.3 Å². The molecule has 3 heterocycles. The minimum atomic E-state index is -0.430. The van der Waals surface area contributed by atoms with E-state index < -0.39 is 5.91 Å². The van der Waals surface area contributed by atoms with Crippen molar-refractivity contribution in [1.82, 2.24) is 9.58 Å². The molecule has 0 unspecified atom stereocenters. The van der Waals surface area contributed by atoms with Crippen LogP contribution in [0.1, 0.15) is 29.3 Å². The predicted octanol–water partition coefficient (Wildman–Crippen LogP) is 6.25. The van der Waals surface area contributed by atoms with Crippen LogP contribution in [0.2, 0.25) is 10.0 Å². The van der Waals surface area contributed by atoms with Gasteiger partial charge >= 0.3 is 0 Å². The van der Waals surface area contributed by atoms with E-state index in [0.717, 1.165) is 38.3 Å². The van der Waals surface area contributed by atoms with E-state index in [0.29, 0.717) is 21.8 Å². The maximum Gasteiger partial charge on any atom is 0.283 e. The van der Waals surface area contributed by atoms with Crippen molar-refractivity contribution in [3.8, 4) is 0 Å². The van der Waals surface area contributed by atoms with Crippen LogP contribution < -0.4 is 0 Å². The van der Waals surface area contributed by atoms with Gasteiger partial charge in [0, 0.05) is 28.7 Å². The molecule has 1 amide bonds. The molecule has 0 aliphatic carbocycles. The number of halogens is 2. The van der Waals surface area contributed by atoms with Gasteiger partial charge in [-0.3, -0.25) is 10.2 Å². The van der Waals surface area contributed by atoms with Crippen LogP contribution in [-0.4, -0.2) is 31.5 Å². The van der Waals surface area contributed by atoms with Crippen molar-refractivity contribution in [3.05, 3.63) is 74.4 Å². The van der Waals surface area contributed by atoms with E-state index in [9.17, 15) is 4.79 Å². The van der Waals surface area contributed by atoms with Crippen LogP contribution in [0.25, 0.3) is 17.0 Å². The van der Waals surface area contributed by atoms with Crippen LogP contribution in [0.15, 0.2) is 52.1 Å². The molecular formula is C24H19Cl2N5OS. The molecule has 0 fully saturated rings. The van der Waals surface area contributed by atoms with Gasteiger partial charge in [-0.05, 0) is 68.4 Å². The zero-order valence-electron chi connectivity index (χ0n) is 18.1. The number of rotatable bonds is 3. The smallest absolute Gasteiger partial charge is 0.283 e. The highest BCUT2D eigenvalue weighted by molar-refractivity contribution is 8.26. The highest BCUT2D eigenvalue weighted by atomic mass is 35.5. The summed E-state index contributed by atoms with van der Waals surface area (Å²) in [5, 5.41) is 17.5. The molecule has 1 N–H and O–H groups in total. The molecule has 0 bridgehead atoms. The first-order valence-electron chi connectivity index (χ1n) is 10.2. The summed E-state index contributed by atoms with van der Waals surface area (Å²) in [6.45, 7) is 6.46. The number of amidine groups is 2. The van der Waals surface area contributed by atoms with Crippen molar-refractivity contribution < 1.29 is 4.79 Å². The van der Waals surface area contributed by atoms with E-state index in [1.807, 2.05) is 32.9 Å². The van der Waals surface area contributed by atoms with E-state index in [1.165, 1.54) is 16.8 Å². The second-order valence-electron chi connectivity index (χ2n) is 7.99. The molecular weight excluding hydrogens is 477 g/mol. The molecule has 2 aliphatic rings. The quantitative estimate of drug-likeness (QED) is 0.436. The Kier molecular flexibility index (Phi) is 5.43. The van der Waals surface area contributed by atoms with E-state index in [2.05, 4.69) is 32.9 Å². The number of amides is 1. The molecule has 33 heavy (non-hydrogen) atoms. The van der Waals surface area contributed by atoms with E-state index >= 15 is 0 Å². The normalized spacial score (nSPS) is 17.1.